The van der Waals surface area contributed by atoms with Gasteiger partial charge in [-0.05, 0) is 89.9 Å². The lowest BCUT2D eigenvalue weighted by atomic mass is 10.1. The maximum Gasteiger partial charge on any atom is 0.472 e. The van der Waals surface area contributed by atoms with E-state index in [2.05, 4.69) is 116 Å². The van der Waals surface area contributed by atoms with E-state index >= 15 is 0 Å². The molecule has 0 radical (unpaired) electrons. The van der Waals surface area contributed by atoms with Crippen molar-refractivity contribution in [2.24, 2.45) is 5.73 Å². The molecule has 3 atom stereocenters. The van der Waals surface area contributed by atoms with Crippen molar-refractivity contribution in [1.29, 1.82) is 0 Å². The van der Waals surface area contributed by atoms with Crippen molar-refractivity contribution in [3.8, 4) is 0 Å². The summed E-state index contributed by atoms with van der Waals surface area (Å²) in [6, 6.07) is -1.49. The topological polar surface area (TPSA) is 155 Å². The molecule has 55 heavy (non-hydrogen) atoms. The molecule has 312 valence electrons. The van der Waals surface area contributed by atoms with Crippen LogP contribution in [0.1, 0.15) is 129 Å². The monoisotopic (exact) mass is 789 g/mol. The molecule has 10 nitrogen and oxygen atoms in total. The van der Waals surface area contributed by atoms with Crippen LogP contribution in [0.25, 0.3) is 0 Å². The molecule has 0 aliphatic heterocycles. The Bertz CT molecular complexity index is 1240. The van der Waals surface area contributed by atoms with Crippen molar-refractivity contribution < 1.29 is 42.7 Å². The molecule has 0 bridgehead atoms. The van der Waals surface area contributed by atoms with E-state index in [1.54, 1.807) is 0 Å². The Hall–Kier alpha value is -3.11. The van der Waals surface area contributed by atoms with Crippen LogP contribution in [0.5, 0.6) is 0 Å². The Balaban J connectivity index is 4.38. The molecule has 4 N–H and O–H groups in total. The van der Waals surface area contributed by atoms with Gasteiger partial charge in [-0.25, -0.2) is 4.57 Å². The number of aliphatic carboxylic acids is 1. The van der Waals surface area contributed by atoms with Crippen LogP contribution in [0, 0.1) is 0 Å². The van der Waals surface area contributed by atoms with Crippen LogP contribution < -0.4 is 5.73 Å². The number of ether oxygens (including phenoxy) is 2. The molecule has 0 aromatic carbocycles. The van der Waals surface area contributed by atoms with Gasteiger partial charge >= 0.3 is 19.8 Å². The van der Waals surface area contributed by atoms with Crippen LogP contribution in [0.15, 0.2) is 97.2 Å². The maximum absolute atomic E-state index is 12.6. The molecule has 0 fully saturated rings. The minimum absolute atomic E-state index is 0.0193. The molecule has 0 saturated heterocycles. The second-order valence-electron chi connectivity index (χ2n) is 13.0. The summed E-state index contributed by atoms with van der Waals surface area (Å²) < 4.78 is 33.2. The fraction of sp³-hybridized carbons (Fsp3) is 0.591. The van der Waals surface area contributed by atoms with Crippen LogP contribution >= 0.6 is 7.82 Å². The zero-order valence-electron chi connectivity index (χ0n) is 33.7. The highest BCUT2D eigenvalue weighted by molar-refractivity contribution is 7.47. The summed E-state index contributed by atoms with van der Waals surface area (Å²) in [4.78, 5) is 33.4. The Morgan fingerprint density at radius 2 is 1.00 bits per heavy atom. The van der Waals surface area contributed by atoms with Crippen molar-refractivity contribution in [2.75, 3.05) is 26.4 Å². The molecule has 0 aromatic rings. The van der Waals surface area contributed by atoms with E-state index in [9.17, 15) is 19.0 Å². The van der Waals surface area contributed by atoms with E-state index < -0.39 is 45.1 Å². The summed E-state index contributed by atoms with van der Waals surface area (Å²) in [6.45, 7) is 3.51. The largest absolute Gasteiger partial charge is 0.480 e. The first kappa shape index (κ1) is 51.9. The number of rotatable bonds is 37. The second kappa shape index (κ2) is 39.1. The van der Waals surface area contributed by atoms with E-state index in [1.807, 2.05) is 0 Å². The average Bonchev–Trinajstić information content (AvgIpc) is 3.16. The predicted molar refractivity (Wildman–Crippen MR) is 226 cm³/mol. The first-order valence-electron chi connectivity index (χ1n) is 20.3. The average molecular weight is 790 g/mol. The third-order valence-electron chi connectivity index (χ3n) is 7.86. The number of unbranched alkanes of at least 4 members (excludes halogenated alkanes) is 7. The van der Waals surface area contributed by atoms with Crippen molar-refractivity contribution in [3.05, 3.63) is 97.2 Å². The number of hydrogen-bond donors (Lipinski definition) is 3. The number of esters is 1. The van der Waals surface area contributed by atoms with Gasteiger partial charge in [0.15, 0.2) is 0 Å². The Labute approximate surface area is 332 Å². The van der Waals surface area contributed by atoms with Crippen LogP contribution in [0.4, 0.5) is 0 Å². The highest BCUT2D eigenvalue weighted by atomic mass is 31.2. The van der Waals surface area contributed by atoms with Crippen molar-refractivity contribution in [2.45, 2.75) is 142 Å². The van der Waals surface area contributed by atoms with E-state index in [1.165, 1.54) is 0 Å². The number of carboxylic acid groups (broad SMARTS) is 1. The van der Waals surface area contributed by atoms with Crippen LogP contribution in [-0.4, -0.2) is 60.5 Å². The normalized spacial score (nSPS) is 15.0. The van der Waals surface area contributed by atoms with Crippen molar-refractivity contribution in [1.82, 2.24) is 0 Å². The molecule has 11 heteroatoms. The first-order valence-corrected chi connectivity index (χ1v) is 21.8. The van der Waals surface area contributed by atoms with Crippen LogP contribution in [-0.2, 0) is 32.7 Å². The van der Waals surface area contributed by atoms with Gasteiger partial charge in [0.25, 0.3) is 0 Å². The number of allylic oxidation sites excluding steroid dienone is 16. The van der Waals surface area contributed by atoms with Crippen LogP contribution in [0.3, 0.4) is 0 Å². The summed E-state index contributed by atoms with van der Waals surface area (Å²) in [5.74, 6) is -1.83. The molecule has 0 rings (SSSR count). The van der Waals surface area contributed by atoms with E-state index in [0.717, 1.165) is 103 Å². The number of carbonyl (C=O) groups is 2. The smallest absolute Gasteiger partial charge is 0.472 e. The molecular formula is C44H72NO9P. The van der Waals surface area contributed by atoms with Gasteiger partial charge in [-0.3, -0.25) is 18.6 Å². The van der Waals surface area contributed by atoms with Gasteiger partial charge in [0, 0.05) is 13.0 Å². The fourth-order valence-electron chi connectivity index (χ4n) is 4.76. The Morgan fingerprint density at radius 3 is 1.47 bits per heavy atom. The SMILES string of the molecule is CC/C=C\C/C=C\C/C=C\C/C=C\C/C=C\CCCCCCOCC(COP(=O)(O)OCC(N)C(=O)O)OC(=O)CCCCC/C=C\C/C=C\C/C=C\CC. The second-order valence-corrected chi connectivity index (χ2v) is 14.4. The van der Waals surface area contributed by atoms with Crippen molar-refractivity contribution in [3.63, 3.8) is 0 Å². The molecule has 0 amide bonds. The van der Waals surface area contributed by atoms with Crippen LogP contribution in [0.2, 0.25) is 0 Å². The zero-order chi connectivity index (χ0) is 40.5. The summed E-state index contributed by atoms with van der Waals surface area (Å²) >= 11 is 0. The first-order chi connectivity index (χ1) is 26.7. The lowest BCUT2D eigenvalue weighted by Gasteiger charge is -2.20. The van der Waals surface area contributed by atoms with E-state index in [4.69, 9.17) is 24.8 Å². The lowest BCUT2D eigenvalue weighted by molar-refractivity contribution is -0.154. The predicted octanol–water partition coefficient (Wildman–Crippen LogP) is 11.0. The fourth-order valence-corrected chi connectivity index (χ4v) is 5.54. The highest BCUT2D eigenvalue weighted by Gasteiger charge is 2.27. The lowest BCUT2D eigenvalue weighted by Crippen LogP contribution is -2.34. The highest BCUT2D eigenvalue weighted by Crippen LogP contribution is 2.43. The Morgan fingerprint density at radius 1 is 0.582 bits per heavy atom. The number of phosphoric acid groups is 1. The van der Waals surface area contributed by atoms with Gasteiger partial charge in [0.05, 0.1) is 19.8 Å². The van der Waals surface area contributed by atoms with Gasteiger partial charge in [-0.15, -0.1) is 0 Å². The minimum atomic E-state index is -4.64. The summed E-state index contributed by atoms with van der Waals surface area (Å²) in [5, 5.41) is 8.88. The standard InChI is InChI=1S/C44H72NO9P/c1-3-5-7-9-11-13-15-17-18-19-20-21-22-23-25-27-29-31-33-35-37-51-38-41(39-52-55(49,50)53-40-42(45)44(47)48)54-43(46)36-34-32-30-28-26-24-16-14-12-10-8-6-4-2/h5-8,11-14,17-18,20-21,23-26,41-42H,3-4,9-10,15-16,19,22,27-40,45H2,1-2H3,(H,47,48)(H,49,50)/b7-5-,8-6-,13-11-,14-12-,18-17-,21-20-,25-23-,26-24-. The molecule has 0 saturated carbocycles. The molecule has 0 aromatic heterocycles. The molecule has 0 heterocycles. The van der Waals surface area contributed by atoms with E-state index in [0.29, 0.717) is 13.0 Å². The van der Waals surface area contributed by atoms with Gasteiger partial charge in [-0.1, -0.05) is 130 Å². The van der Waals surface area contributed by atoms with Crippen molar-refractivity contribution >= 4 is 19.8 Å². The van der Waals surface area contributed by atoms with E-state index in [-0.39, 0.29) is 13.0 Å². The minimum Gasteiger partial charge on any atom is -0.480 e. The third-order valence-corrected chi connectivity index (χ3v) is 8.81. The molecule has 3 unspecified atom stereocenters. The zero-order valence-corrected chi connectivity index (χ0v) is 34.6. The number of carbonyl (C=O) groups excluding carboxylic acids is 1. The third kappa shape index (κ3) is 38.9. The number of carboxylic acids is 1. The molecule has 0 spiro atoms. The number of phosphoric ester groups is 1. The summed E-state index contributed by atoms with van der Waals surface area (Å²) in [5.41, 5.74) is 5.34. The molecular weight excluding hydrogens is 717 g/mol. The van der Waals surface area contributed by atoms with Gasteiger partial charge in [0.1, 0.15) is 12.1 Å². The summed E-state index contributed by atoms with van der Waals surface area (Å²) in [7, 11) is -4.64. The van der Waals surface area contributed by atoms with Gasteiger partial charge in [0.2, 0.25) is 0 Å². The van der Waals surface area contributed by atoms with Gasteiger partial charge in [-0.2, -0.15) is 0 Å². The molecule has 0 aliphatic carbocycles. The van der Waals surface area contributed by atoms with Gasteiger partial charge < -0.3 is 25.2 Å². The summed E-state index contributed by atoms with van der Waals surface area (Å²) in [6.07, 6.45) is 50.4. The quantitative estimate of drug-likeness (QED) is 0.0240. The number of nitrogens with two attached hydrogens (primary N) is 1. The molecule has 0 aliphatic rings. The number of hydrogen-bond acceptors (Lipinski definition) is 8. The maximum atomic E-state index is 12.6. The Kier molecular flexibility index (Phi) is 36.9.